The Bertz CT molecular complexity index is 997. The van der Waals surface area contributed by atoms with E-state index in [0.29, 0.717) is 0 Å². The standard InChI is InChI=1S/C11H21N4O13P3/c12-3-2-11(15-4-1-9(13)14-10(15)17)5-7(16)8(26-11)6-25-30(21,22)28-31(23,24)27-29(18,19)20/h1,4,7-8,16H,2-3,5-6,12H2,(H,21,22)(H,23,24)(H2,13,14,17)(H2,18,19,20)/t7-,8+,11+/m0/s1. The summed E-state index contributed by atoms with van der Waals surface area (Å²) in [7, 11) is -16.7. The summed E-state index contributed by atoms with van der Waals surface area (Å²) in [6.07, 6.45) is -1.64. The molecule has 1 aromatic rings. The minimum Gasteiger partial charge on any atom is -0.390 e. The summed E-state index contributed by atoms with van der Waals surface area (Å²) in [6, 6.07) is 1.30. The first-order chi connectivity index (χ1) is 14.1. The number of rotatable bonds is 10. The summed E-state index contributed by atoms with van der Waals surface area (Å²) >= 11 is 0. The Morgan fingerprint density at radius 2 is 1.87 bits per heavy atom. The van der Waals surface area contributed by atoms with Crippen LogP contribution in [0.3, 0.4) is 0 Å². The van der Waals surface area contributed by atoms with Crippen LogP contribution in [0.25, 0.3) is 0 Å². The maximum Gasteiger partial charge on any atom is 0.490 e. The highest BCUT2D eigenvalue weighted by molar-refractivity contribution is 7.66. The smallest absolute Gasteiger partial charge is 0.390 e. The molecule has 0 spiro atoms. The number of aromatic nitrogens is 2. The molecule has 1 aliphatic heterocycles. The van der Waals surface area contributed by atoms with Gasteiger partial charge in [0.15, 0.2) is 5.72 Å². The molecule has 31 heavy (non-hydrogen) atoms. The summed E-state index contributed by atoms with van der Waals surface area (Å²) in [5, 5.41) is 10.3. The monoisotopic (exact) mass is 510 g/mol. The molecule has 0 bridgehead atoms. The molecule has 20 heteroatoms. The first kappa shape index (κ1) is 26.2. The molecule has 2 unspecified atom stereocenters. The van der Waals surface area contributed by atoms with Gasteiger partial charge in [-0.15, -0.1) is 0 Å². The zero-order valence-corrected chi connectivity index (χ0v) is 18.2. The van der Waals surface area contributed by atoms with Gasteiger partial charge in [-0.1, -0.05) is 0 Å². The van der Waals surface area contributed by atoms with Crippen LogP contribution in [-0.4, -0.2) is 59.6 Å². The lowest BCUT2D eigenvalue weighted by Gasteiger charge is -2.30. The van der Waals surface area contributed by atoms with Gasteiger partial charge in [-0.3, -0.25) is 9.09 Å². The second kappa shape index (κ2) is 9.45. The van der Waals surface area contributed by atoms with E-state index < -0.39 is 53.7 Å². The SMILES string of the molecule is NCC[C@]1(n2ccc(N)nc2=O)C[C@H](O)[C@@H](COP(=O)(O)OP(=O)(O)OP(=O)(O)O)O1. The van der Waals surface area contributed by atoms with Crippen molar-refractivity contribution in [3.63, 3.8) is 0 Å². The Hall–Kier alpha value is -1.03. The maximum absolute atomic E-state index is 12.2. The topological polar surface area (TPSA) is 276 Å². The van der Waals surface area contributed by atoms with E-state index in [-0.39, 0.29) is 25.2 Å². The van der Waals surface area contributed by atoms with Crippen molar-refractivity contribution in [1.82, 2.24) is 9.55 Å². The summed E-state index contributed by atoms with van der Waals surface area (Å²) in [4.78, 5) is 51.4. The number of aliphatic hydroxyl groups excluding tert-OH is 1. The largest absolute Gasteiger partial charge is 0.490 e. The van der Waals surface area contributed by atoms with Gasteiger partial charge in [0, 0.05) is 19.0 Å². The second-order valence-corrected chi connectivity index (χ2v) is 10.7. The number of nitrogen functional groups attached to an aromatic ring is 1. The third-order valence-electron chi connectivity index (χ3n) is 3.95. The molecule has 0 aliphatic carbocycles. The molecule has 2 heterocycles. The van der Waals surface area contributed by atoms with Crippen LogP contribution < -0.4 is 17.2 Å². The van der Waals surface area contributed by atoms with Crippen molar-refractivity contribution in [2.45, 2.75) is 30.8 Å². The van der Waals surface area contributed by atoms with Crippen molar-refractivity contribution < 1.29 is 56.3 Å². The normalized spacial score (nSPS) is 28.2. The highest BCUT2D eigenvalue weighted by Crippen LogP contribution is 2.66. The van der Waals surface area contributed by atoms with Crippen LogP contribution in [0.4, 0.5) is 5.82 Å². The maximum atomic E-state index is 12.2. The number of hydrogen-bond donors (Lipinski definition) is 7. The van der Waals surface area contributed by atoms with Crippen molar-refractivity contribution >= 4 is 29.3 Å². The van der Waals surface area contributed by atoms with Crippen molar-refractivity contribution in [2.75, 3.05) is 18.9 Å². The quantitative estimate of drug-likeness (QED) is 0.173. The van der Waals surface area contributed by atoms with Gasteiger partial charge in [0.2, 0.25) is 0 Å². The Kier molecular flexibility index (Phi) is 7.99. The number of anilines is 1. The molecule has 5 atom stereocenters. The lowest BCUT2D eigenvalue weighted by molar-refractivity contribution is -0.121. The Morgan fingerprint density at radius 1 is 1.23 bits per heavy atom. The molecule has 0 saturated carbocycles. The third kappa shape index (κ3) is 7.23. The average Bonchev–Trinajstić information content (AvgIpc) is 2.86. The fourth-order valence-electron chi connectivity index (χ4n) is 2.87. The van der Waals surface area contributed by atoms with Crippen LogP contribution in [0.1, 0.15) is 12.8 Å². The van der Waals surface area contributed by atoms with E-state index in [1.165, 1.54) is 12.3 Å². The molecule has 178 valence electrons. The van der Waals surface area contributed by atoms with Crippen molar-refractivity contribution in [2.24, 2.45) is 5.73 Å². The van der Waals surface area contributed by atoms with Crippen molar-refractivity contribution in [3.8, 4) is 0 Å². The van der Waals surface area contributed by atoms with E-state index in [2.05, 4.69) is 18.1 Å². The zero-order valence-electron chi connectivity index (χ0n) is 15.5. The number of nitrogens with two attached hydrogens (primary N) is 2. The van der Waals surface area contributed by atoms with E-state index in [1.807, 2.05) is 0 Å². The fraction of sp³-hybridized carbons (Fsp3) is 0.636. The van der Waals surface area contributed by atoms with Crippen molar-refractivity contribution in [1.29, 1.82) is 0 Å². The summed E-state index contributed by atoms with van der Waals surface area (Å²) < 4.78 is 52.2. The summed E-state index contributed by atoms with van der Waals surface area (Å²) in [5.74, 6) is -0.0631. The molecule has 2 rings (SSSR count). The molecule has 9 N–H and O–H groups in total. The third-order valence-corrected chi connectivity index (χ3v) is 7.75. The van der Waals surface area contributed by atoms with Crippen LogP contribution in [-0.2, 0) is 37.3 Å². The van der Waals surface area contributed by atoms with Crippen LogP contribution in [0.2, 0.25) is 0 Å². The first-order valence-electron chi connectivity index (χ1n) is 8.28. The van der Waals surface area contributed by atoms with Gasteiger partial charge in [-0.25, -0.2) is 18.5 Å². The van der Waals surface area contributed by atoms with Gasteiger partial charge < -0.3 is 40.9 Å². The number of hydrogen-bond acceptors (Lipinski definition) is 12. The molecule has 17 nitrogen and oxygen atoms in total. The van der Waals surface area contributed by atoms with Gasteiger partial charge in [-0.05, 0) is 12.6 Å². The van der Waals surface area contributed by atoms with Crippen LogP contribution in [0.5, 0.6) is 0 Å². The van der Waals surface area contributed by atoms with Gasteiger partial charge >= 0.3 is 29.2 Å². The number of aliphatic hydroxyl groups is 1. The fourth-order valence-corrected chi connectivity index (χ4v) is 5.90. The molecule has 1 fully saturated rings. The summed E-state index contributed by atoms with van der Waals surface area (Å²) in [5.41, 5.74) is 8.70. The number of ether oxygens (including phenoxy) is 1. The van der Waals surface area contributed by atoms with Crippen LogP contribution in [0.15, 0.2) is 17.1 Å². The lowest BCUT2D eigenvalue weighted by Crippen LogP contribution is -2.44. The minimum absolute atomic E-state index is 0.00608. The van der Waals surface area contributed by atoms with E-state index in [0.717, 1.165) is 4.57 Å². The molecule has 0 radical (unpaired) electrons. The van der Waals surface area contributed by atoms with Crippen LogP contribution in [0, 0.1) is 0 Å². The Labute approximate surface area is 174 Å². The van der Waals surface area contributed by atoms with Crippen LogP contribution >= 0.6 is 23.5 Å². The molecule has 0 amide bonds. The lowest BCUT2D eigenvalue weighted by atomic mass is 10.0. The van der Waals surface area contributed by atoms with Gasteiger partial charge in [0.05, 0.1) is 12.7 Å². The highest BCUT2D eigenvalue weighted by Gasteiger charge is 2.49. The van der Waals surface area contributed by atoms with E-state index >= 15 is 0 Å². The van der Waals surface area contributed by atoms with Gasteiger partial charge in [0.25, 0.3) is 0 Å². The molecular formula is C11H21N4O13P3. The number of phosphoric ester groups is 1. The number of phosphoric acid groups is 3. The average molecular weight is 510 g/mol. The van der Waals surface area contributed by atoms with Gasteiger partial charge in [0.1, 0.15) is 11.9 Å². The second-order valence-electron chi connectivity index (χ2n) is 6.30. The van der Waals surface area contributed by atoms with Gasteiger partial charge in [-0.2, -0.15) is 13.6 Å². The van der Waals surface area contributed by atoms with Crippen molar-refractivity contribution in [3.05, 3.63) is 22.7 Å². The Morgan fingerprint density at radius 3 is 2.42 bits per heavy atom. The minimum atomic E-state index is -5.69. The molecule has 1 aliphatic rings. The van der Waals surface area contributed by atoms with E-state index in [4.69, 9.17) is 30.9 Å². The predicted octanol–water partition coefficient (Wildman–Crippen LogP) is -1.68. The molecule has 1 saturated heterocycles. The Balaban J connectivity index is 2.14. The summed E-state index contributed by atoms with van der Waals surface area (Å²) in [6.45, 7) is -0.888. The zero-order chi connectivity index (χ0) is 23.7. The first-order valence-corrected chi connectivity index (χ1v) is 12.8. The number of nitrogens with zero attached hydrogens (tertiary/aromatic N) is 2. The highest BCUT2D eigenvalue weighted by atomic mass is 31.3. The van der Waals surface area contributed by atoms with E-state index in [1.54, 1.807) is 0 Å². The molecule has 0 aromatic carbocycles. The van der Waals surface area contributed by atoms with E-state index in [9.17, 15) is 28.5 Å². The predicted molar refractivity (Wildman–Crippen MR) is 99.9 cm³/mol. The molecular weight excluding hydrogens is 489 g/mol. The molecule has 1 aromatic heterocycles.